The van der Waals surface area contributed by atoms with Gasteiger partial charge in [-0.2, -0.15) is 0 Å². The summed E-state index contributed by atoms with van der Waals surface area (Å²) in [5, 5.41) is 18.6. The van der Waals surface area contributed by atoms with Crippen LogP contribution in [0.4, 0.5) is 0 Å². The second kappa shape index (κ2) is 11.9. The van der Waals surface area contributed by atoms with E-state index in [0.717, 1.165) is 38.0 Å². The molecule has 0 aromatic carbocycles. The van der Waals surface area contributed by atoms with Crippen LogP contribution in [0.3, 0.4) is 0 Å². The number of carboxylic acid groups (broad SMARTS) is 1. The smallest absolute Gasteiger partial charge is 0.303 e. The maximum atomic E-state index is 10.5. The number of hydrogen-bond donors (Lipinski definition) is 2. The van der Waals surface area contributed by atoms with Gasteiger partial charge in [-0.3, -0.25) is 4.79 Å². The molecule has 0 aromatic rings. The van der Waals surface area contributed by atoms with Crippen molar-refractivity contribution >= 4 is 5.97 Å². The van der Waals surface area contributed by atoms with Crippen molar-refractivity contribution in [3.63, 3.8) is 0 Å². The minimum Gasteiger partial charge on any atom is -0.481 e. The zero-order valence-corrected chi connectivity index (χ0v) is 14.4. The molecule has 3 nitrogen and oxygen atoms in total. The van der Waals surface area contributed by atoms with Gasteiger partial charge >= 0.3 is 5.97 Å². The van der Waals surface area contributed by atoms with Crippen molar-refractivity contribution < 1.29 is 15.0 Å². The molecule has 1 aliphatic carbocycles. The van der Waals surface area contributed by atoms with Gasteiger partial charge in [0.25, 0.3) is 0 Å². The first kappa shape index (κ1) is 19.5. The lowest BCUT2D eigenvalue weighted by molar-refractivity contribution is -0.137. The van der Waals surface area contributed by atoms with Crippen LogP contribution in [0.25, 0.3) is 0 Å². The number of aliphatic carboxylic acids is 1. The first-order valence-corrected chi connectivity index (χ1v) is 9.53. The van der Waals surface area contributed by atoms with E-state index >= 15 is 0 Å². The molecule has 3 heteroatoms. The first-order chi connectivity index (χ1) is 10.6. The summed E-state index contributed by atoms with van der Waals surface area (Å²) in [5.41, 5.74) is 0. The van der Waals surface area contributed by atoms with Crippen molar-refractivity contribution in [3.05, 3.63) is 0 Å². The summed E-state index contributed by atoms with van der Waals surface area (Å²) in [7, 11) is 0. The predicted octanol–water partition coefficient (Wildman–Crippen LogP) is 5.16. The normalized spacial score (nSPS) is 25.3. The summed E-state index contributed by atoms with van der Waals surface area (Å²) in [6.07, 6.45) is 15.5. The van der Waals surface area contributed by atoms with Gasteiger partial charge in [0, 0.05) is 6.42 Å². The SMILES string of the molecule is CCCCCC[C@@H]1CC[C@H](O)C[C@H]1CCCCCCC(=O)O. The summed E-state index contributed by atoms with van der Waals surface area (Å²) in [5.74, 6) is 0.840. The van der Waals surface area contributed by atoms with Crippen LogP contribution in [-0.4, -0.2) is 22.3 Å². The first-order valence-electron chi connectivity index (χ1n) is 9.53. The van der Waals surface area contributed by atoms with Crippen LogP contribution in [0.1, 0.15) is 96.8 Å². The second-order valence-corrected chi connectivity index (χ2v) is 7.18. The lowest BCUT2D eigenvalue weighted by atomic mass is 9.73. The molecule has 0 heterocycles. The van der Waals surface area contributed by atoms with E-state index in [9.17, 15) is 9.90 Å². The number of aliphatic hydroxyl groups is 1. The van der Waals surface area contributed by atoms with Gasteiger partial charge in [-0.05, 0) is 37.5 Å². The van der Waals surface area contributed by atoms with E-state index in [-0.39, 0.29) is 6.10 Å². The quantitative estimate of drug-likeness (QED) is 0.489. The summed E-state index contributed by atoms with van der Waals surface area (Å²) < 4.78 is 0. The second-order valence-electron chi connectivity index (χ2n) is 7.18. The predicted molar refractivity (Wildman–Crippen MR) is 90.9 cm³/mol. The van der Waals surface area contributed by atoms with Crippen molar-refractivity contribution in [1.29, 1.82) is 0 Å². The third kappa shape index (κ3) is 8.77. The van der Waals surface area contributed by atoms with Gasteiger partial charge in [-0.15, -0.1) is 0 Å². The fraction of sp³-hybridized carbons (Fsp3) is 0.947. The maximum Gasteiger partial charge on any atom is 0.303 e. The van der Waals surface area contributed by atoms with Gasteiger partial charge in [0.2, 0.25) is 0 Å². The number of carboxylic acids is 1. The van der Waals surface area contributed by atoms with Gasteiger partial charge in [-0.1, -0.05) is 64.7 Å². The van der Waals surface area contributed by atoms with E-state index in [2.05, 4.69) is 6.92 Å². The fourth-order valence-corrected chi connectivity index (χ4v) is 3.91. The number of rotatable bonds is 12. The molecule has 1 aliphatic rings. The van der Waals surface area contributed by atoms with Crippen molar-refractivity contribution in [2.45, 2.75) is 103 Å². The summed E-state index contributed by atoms with van der Waals surface area (Å²) in [6.45, 7) is 2.25. The molecular weight excluding hydrogens is 276 g/mol. The Kier molecular flexibility index (Phi) is 10.6. The maximum absolute atomic E-state index is 10.5. The van der Waals surface area contributed by atoms with Crippen LogP contribution in [0, 0.1) is 11.8 Å². The molecule has 22 heavy (non-hydrogen) atoms. The molecule has 0 amide bonds. The lowest BCUT2D eigenvalue weighted by Gasteiger charge is -2.34. The van der Waals surface area contributed by atoms with E-state index in [0.29, 0.717) is 12.3 Å². The molecule has 0 bridgehead atoms. The molecule has 1 rings (SSSR count). The molecule has 0 spiro atoms. The number of aliphatic hydroxyl groups excluding tert-OH is 1. The minimum absolute atomic E-state index is 0.0797. The Morgan fingerprint density at radius 1 is 0.909 bits per heavy atom. The molecule has 0 aliphatic heterocycles. The molecule has 0 radical (unpaired) electrons. The molecule has 1 fully saturated rings. The number of carbonyl (C=O) groups is 1. The van der Waals surface area contributed by atoms with Crippen LogP contribution in [0.2, 0.25) is 0 Å². The number of hydrogen-bond acceptors (Lipinski definition) is 2. The zero-order chi connectivity index (χ0) is 16.2. The largest absolute Gasteiger partial charge is 0.481 e. The molecule has 0 saturated heterocycles. The van der Waals surface area contributed by atoms with Gasteiger partial charge in [-0.25, -0.2) is 0 Å². The highest BCUT2D eigenvalue weighted by Crippen LogP contribution is 2.37. The summed E-state index contributed by atoms with van der Waals surface area (Å²) in [4.78, 5) is 10.5. The van der Waals surface area contributed by atoms with Crippen molar-refractivity contribution in [2.24, 2.45) is 11.8 Å². The van der Waals surface area contributed by atoms with E-state index in [1.165, 1.54) is 51.4 Å². The van der Waals surface area contributed by atoms with Crippen LogP contribution >= 0.6 is 0 Å². The molecule has 0 aromatic heterocycles. The van der Waals surface area contributed by atoms with Crippen LogP contribution in [0.15, 0.2) is 0 Å². The Hall–Kier alpha value is -0.570. The average Bonchev–Trinajstić information content (AvgIpc) is 2.48. The average molecular weight is 312 g/mol. The van der Waals surface area contributed by atoms with Gasteiger partial charge in [0.15, 0.2) is 0 Å². The zero-order valence-electron chi connectivity index (χ0n) is 14.4. The molecule has 0 unspecified atom stereocenters. The van der Waals surface area contributed by atoms with E-state index in [4.69, 9.17) is 5.11 Å². The number of unbranched alkanes of at least 4 members (excludes halogenated alkanes) is 6. The third-order valence-electron chi connectivity index (χ3n) is 5.26. The van der Waals surface area contributed by atoms with Crippen LogP contribution < -0.4 is 0 Å². The molecule has 2 N–H and O–H groups in total. The Morgan fingerprint density at radius 2 is 1.55 bits per heavy atom. The van der Waals surface area contributed by atoms with Crippen molar-refractivity contribution in [3.8, 4) is 0 Å². The Labute approximate surface area is 136 Å². The van der Waals surface area contributed by atoms with Gasteiger partial charge < -0.3 is 10.2 Å². The topological polar surface area (TPSA) is 57.5 Å². The highest BCUT2D eigenvalue weighted by molar-refractivity contribution is 5.66. The standard InChI is InChI=1S/C19H36O3/c1-2-3-4-7-10-16-13-14-18(20)15-17(16)11-8-5-6-9-12-19(21)22/h16-18,20H,2-15H2,1H3,(H,21,22)/t16-,17-,18+/m1/s1. The highest BCUT2D eigenvalue weighted by atomic mass is 16.4. The van der Waals surface area contributed by atoms with Gasteiger partial charge in [0.05, 0.1) is 6.10 Å². The Bertz CT molecular complexity index is 290. The summed E-state index contributed by atoms with van der Waals surface area (Å²) in [6, 6.07) is 0. The third-order valence-corrected chi connectivity index (χ3v) is 5.26. The minimum atomic E-state index is -0.678. The molecule has 130 valence electrons. The van der Waals surface area contributed by atoms with Gasteiger partial charge in [0.1, 0.15) is 0 Å². The van der Waals surface area contributed by atoms with Crippen LogP contribution in [-0.2, 0) is 4.79 Å². The monoisotopic (exact) mass is 312 g/mol. The molecule has 1 saturated carbocycles. The van der Waals surface area contributed by atoms with E-state index in [1.54, 1.807) is 0 Å². The lowest BCUT2D eigenvalue weighted by Crippen LogP contribution is -2.28. The van der Waals surface area contributed by atoms with Crippen LogP contribution in [0.5, 0.6) is 0 Å². The molecular formula is C19H36O3. The van der Waals surface area contributed by atoms with E-state index < -0.39 is 5.97 Å². The Morgan fingerprint density at radius 3 is 2.23 bits per heavy atom. The summed E-state index contributed by atoms with van der Waals surface area (Å²) >= 11 is 0. The van der Waals surface area contributed by atoms with Crippen molar-refractivity contribution in [2.75, 3.05) is 0 Å². The van der Waals surface area contributed by atoms with E-state index in [1.807, 2.05) is 0 Å². The fourth-order valence-electron chi connectivity index (χ4n) is 3.91. The molecule has 3 atom stereocenters. The Balaban J connectivity index is 2.18. The highest BCUT2D eigenvalue weighted by Gasteiger charge is 2.28. The van der Waals surface area contributed by atoms with Crippen molar-refractivity contribution in [1.82, 2.24) is 0 Å².